The van der Waals surface area contributed by atoms with Crippen molar-refractivity contribution in [2.45, 2.75) is 12.0 Å². The predicted molar refractivity (Wildman–Crippen MR) is 98.5 cm³/mol. The van der Waals surface area contributed by atoms with Gasteiger partial charge in [0.15, 0.2) is 0 Å². The SMILES string of the molecule is CNC(=O)OC[C@@H](c1ccc2ccccc2c1)[C@@H](O)c1ccccc1. The van der Waals surface area contributed by atoms with Gasteiger partial charge in [0.1, 0.15) is 6.61 Å². The fourth-order valence-electron chi connectivity index (χ4n) is 2.93. The summed E-state index contributed by atoms with van der Waals surface area (Å²) in [6.07, 6.45) is -1.28. The van der Waals surface area contributed by atoms with Crippen molar-refractivity contribution in [3.05, 3.63) is 83.9 Å². The molecule has 1 amide bonds. The molecule has 0 radical (unpaired) electrons. The molecular weight excluding hydrogens is 314 g/mol. The Labute approximate surface area is 147 Å². The number of fused-ring (bicyclic) bond motifs is 1. The summed E-state index contributed by atoms with van der Waals surface area (Å²) in [5.41, 5.74) is 1.72. The van der Waals surface area contributed by atoms with E-state index in [0.717, 1.165) is 21.9 Å². The fourth-order valence-corrected chi connectivity index (χ4v) is 2.93. The van der Waals surface area contributed by atoms with Crippen LogP contribution in [0.2, 0.25) is 0 Å². The van der Waals surface area contributed by atoms with Crippen LogP contribution in [0.25, 0.3) is 10.8 Å². The van der Waals surface area contributed by atoms with Crippen molar-refractivity contribution in [3.63, 3.8) is 0 Å². The Morgan fingerprint density at radius 1 is 0.960 bits per heavy atom. The van der Waals surface area contributed by atoms with Crippen LogP contribution in [0.4, 0.5) is 4.79 Å². The molecule has 0 heterocycles. The lowest BCUT2D eigenvalue weighted by molar-refractivity contribution is 0.0861. The van der Waals surface area contributed by atoms with Gasteiger partial charge in [-0.3, -0.25) is 0 Å². The first-order chi connectivity index (χ1) is 12.2. The lowest BCUT2D eigenvalue weighted by Gasteiger charge is -2.24. The maximum Gasteiger partial charge on any atom is 0.406 e. The smallest absolute Gasteiger partial charge is 0.406 e. The molecule has 0 spiro atoms. The molecule has 2 N–H and O–H groups in total. The molecule has 0 aromatic heterocycles. The van der Waals surface area contributed by atoms with Gasteiger partial charge in [0.2, 0.25) is 0 Å². The van der Waals surface area contributed by atoms with Gasteiger partial charge >= 0.3 is 6.09 Å². The van der Waals surface area contributed by atoms with E-state index >= 15 is 0 Å². The summed E-state index contributed by atoms with van der Waals surface area (Å²) >= 11 is 0. The van der Waals surface area contributed by atoms with E-state index in [4.69, 9.17) is 4.74 Å². The molecule has 4 heteroatoms. The molecule has 0 saturated heterocycles. The van der Waals surface area contributed by atoms with Crippen molar-refractivity contribution in [3.8, 4) is 0 Å². The molecule has 4 nitrogen and oxygen atoms in total. The van der Waals surface area contributed by atoms with Gasteiger partial charge in [0, 0.05) is 13.0 Å². The van der Waals surface area contributed by atoms with Crippen molar-refractivity contribution in [1.82, 2.24) is 5.32 Å². The number of aliphatic hydroxyl groups is 1. The minimum Gasteiger partial charge on any atom is -0.449 e. The average Bonchev–Trinajstić information content (AvgIpc) is 2.68. The number of rotatable bonds is 5. The number of carbonyl (C=O) groups excluding carboxylic acids is 1. The first-order valence-electron chi connectivity index (χ1n) is 8.25. The summed E-state index contributed by atoms with van der Waals surface area (Å²) in [5.74, 6) is -0.357. The average molecular weight is 335 g/mol. The molecule has 25 heavy (non-hydrogen) atoms. The van der Waals surface area contributed by atoms with Crippen molar-refractivity contribution in [1.29, 1.82) is 0 Å². The summed E-state index contributed by atoms with van der Waals surface area (Å²) in [6, 6.07) is 23.5. The van der Waals surface area contributed by atoms with Crippen molar-refractivity contribution in [2.24, 2.45) is 0 Å². The molecule has 0 saturated carbocycles. The van der Waals surface area contributed by atoms with Crippen molar-refractivity contribution >= 4 is 16.9 Å². The molecule has 0 aliphatic carbocycles. The zero-order valence-corrected chi connectivity index (χ0v) is 14.1. The Bertz CT molecular complexity index is 848. The van der Waals surface area contributed by atoms with E-state index in [1.54, 1.807) is 0 Å². The van der Waals surface area contributed by atoms with Crippen LogP contribution in [-0.2, 0) is 4.74 Å². The normalized spacial score (nSPS) is 13.2. The van der Waals surface area contributed by atoms with E-state index in [2.05, 4.69) is 5.32 Å². The van der Waals surface area contributed by atoms with Gasteiger partial charge in [-0.1, -0.05) is 72.8 Å². The minimum absolute atomic E-state index is 0.0913. The second-order valence-corrected chi connectivity index (χ2v) is 5.92. The number of hydrogen-bond acceptors (Lipinski definition) is 3. The highest BCUT2D eigenvalue weighted by molar-refractivity contribution is 5.83. The number of benzene rings is 3. The number of ether oxygens (including phenoxy) is 1. The summed E-state index contributed by atoms with van der Waals surface area (Å²) in [7, 11) is 1.51. The van der Waals surface area contributed by atoms with E-state index in [-0.39, 0.29) is 12.5 Å². The molecule has 0 aliphatic heterocycles. The van der Waals surface area contributed by atoms with Crippen molar-refractivity contribution in [2.75, 3.05) is 13.7 Å². The summed E-state index contributed by atoms with van der Waals surface area (Å²) in [6.45, 7) is 0.0913. The Hall–Kier alpha value is -2.85. The highest BCUT2D eigenvalue weighted by atomic mass is 16.5. The Morgan fingerprint density at radius 2 is 1.64 bits per heavy atom. The molecule has 3 aromatic carbocycles. The summed E-state index contributed by atoms with van der Waals surface area (Å²) in [5, 5.41) is 15.5. The van der Waals surface area contributed by atoms with Crippen LogP contribution < -0.4 is 5.32 Å². The highest BCUT2D eigenvalue weighted by Gasteiger charge is 2.24. The molecule has 0 bridgehead atoms. The van der Waals surface area contributed by atoms with Crippen molar-refractivity contribution < 1.29 is 14.6 Å². The topological polar surface area (TPSA) is 58.6 Å². The van der Waals surface area contributed by atoms with Gasteiger partial charge in [-0.05, 0) is 21.9 Å². The Kier molecular flexibility index (Phi) is 5.31. The first-order valence-corrected chi connectivity index (χ1v) is 8.25. The maximum atomic E-state index is 11.5. The standard InChI is InChI=1S/C21H21NO3/c1-22-21(24)25-14-19(20(23)16-8-3-2-4-9-16)18-12-11-15-7-5-6-10-17(15)13-18/h2-13,19-20,23H,14H2,1H3,(H,22,24)/t19-,20-/m0/s1. The zero-order chi connectivity index (χ0) is 17.6. The molecule has 0 unspecified atom stereocenters. The van der Waals surface area contributed by atoms with Gasteiger partial charge in [-0.25, -0.2) is 4.79 Å². The van der Waals surface area contributed by atoms with Crippen LogP contribution in [0.5, 0.6) is 0 Å². The van der Waals surface area contributed by atoms with E-state index in [1.165, 1.54) is 7.05 Å². The van der Waals surface area contributed by atoms with Gasteiger partial charge in [0.25, 0.3) is 0 Å². The van der Waals surface area contributed by atoms with Gasteiger partial charge in [-0.15, -0.1) is 0 Å². The Morgan fingerprint density at radius 3 is 2.36 bits per heavy atom. The lowest BCUT2D eigenvalue weighted by Crippen LogP contribution is -2.24. The number of amides is 1. The molecular formula is C21H21NO3. The minimum atomic E-state index is -0.771. The van der Waals surface area contributed by atoms with E-state index in [0.29, 0.717) is 0 Å². The number of hydrogen-bond donors (Lipinski definition) is 2. The number of alkyl carbamates (subject to hydrolysis) is 1. The number of carbonyl (C=O) groups is 1. The van der Waals surface area contributed by atoms with Crippen LogP contribution in [0.1, 0.15) is 23.1 Å². The molecule has 3 rings (SSSR count). The number of aliphatic hydroxyl groups excluding tert-OH is 1. The van der Waals surface area contributed by atoms with Crippen LogP contribution in [0.15, 0.2) is 72.8 Å². The van der Waals surface area contributed by atoms with Gasteiger partial charge in [-0.2, -0.15) is 0 Å². The number of nitrogens with one attached hydrogen (secondary N) is 1. The van der Waals surface area contributed by atoms with Crippen LogP contribution in [0.3, 0.4) is 0 Å². The van der Waals surface area contributed by atoms with E-state index in [9.17, 15) is 9.90 Å². The van der Waals surface area contributed by atoms with Gasteiger partial charge < -0.3 is 15.2 Å². The predicted octanol–water partition coefficient (Wildman–Crippen LogP) is 4.01. The molecule has 2 atom stereocenters. The molecule has 128 valence electrons. The summed E-state index contributed by atoms with van der Waals surface area (Å²) < 4.78 is 5.25. The molecule has 0 fully saturated rings. The second-order valence-electron chi connectivity index (χ2n) is 5.92. The monoisotopic (exact) mass is 335 g/mol. The fraction of sp³-hybridized carbons (Fsp3) is 0.190. The Balaban J connectivity index is 1.95. The second kappa shape index (κ2) is 7.81. The van der Waals surface area contributed by atoms with E-state index < -0.39 is 12.2 Å². The van der Waals surface area contributed by atoms with Crippen LogP contribution in [-0.4, -0.2) is 24.9 Å². The zero-order valence-electron chi connectivity index (χ0n) is 14.1. The maximum absolute atomic E-state index is 11.5. The van der Waals surface area contributed by atoms with Gasteiger partial charge in [0.05, 0.1) is 6.10 Å². The third-order valence-electron chi connectivity index (χ3n) is 4.32. The molecule has 0 aliphatic rings. The highest BCUT2D eigenvalue weighted by Crippen LogP contribution is 2.33. The lowest BCUT2D eigenvalue weighted by atomic mass is 9.88. The molecule has 3 aromatic rings. The van der Waals surface area contributed by atoms with Crippen LogP contribution in [0, 0.1) is 0 Å². The largest absolute Gasteiger partial charge is 0.449 e. The quantitative estimate of drug-likeness (QED) is 0.740. The van der Waals surface area contributed by atoms with Crippen LogP contribution >= 0.6 is 0 Å². The van der Waals surface area contributed by atoms with E-state index in [1.807, 2.05) is 72.8 Å². The third-order valence-corrected chi connectivity index (χ3v) is 4.32. The third kappa shape index (κ3) is 3.98. The summed E-state index contributed by atoms with van der Waals surface area (Å²) in [4.78, 5) is 11.5. The first kappa shape index (κ1) is 17.0.